The van der Waals surface area contributed by atoms with Crippen molar-refractivity contribution >= 4 is 22.4 Å². The van der Waals surface area contributed by atoms with Crippen LogP contribution in [-0.2, 0) is 0 Å². The minimum atomic E-state index is -0.0892. The average molecular weight is 411 g/mol. The van der Waals surface area contributed by atoms with E-state index in [1.807, 2.05) is 19.1 Å². The monoisotopic (exact) mass is 410 g/mol. The molecule has 1 fully saturated rings. The van der Waals surface area contributed by atoms with E-state index in [4.69, 9.17) is 4.98 Å². The number of aromatic nitrogens is 2. The number of benzene rings is 2. The summed E-state index contributed by atoms with van der Waals surface area (Å²) >= 11 is 0. The Labute approximate surface area is 183 Å². The molecule has 3 heterocycles. The summed E-state index contributed by atoms with van der Waals surface area (Å²) in [5.41, 5.74) is 3.04. The Kier molecular flexibility index (Phi) is 5.18. The molecule has 5 nitrogen and oxygen atoms in total. The molecule has 5 heteroatoms. The van der Waals surface area contributed by atoms with Crippen LogP contribution in [0, 0.1) is 6.92 Å². The summed E-state index contributed by atoms with van der Waals surface area (Å²) in [4.78, 5) is 24.2. The van der Waals surface area contributed by atoms with E-state index < -0.39 is 0 Å². The van der Waals surface area contributed by atoms with E-state index in [1.54, 1.807) is 24.4 Å². The fourth-order valence-corrected chi connectivity index (χ4v) is 4.19. The molecule has 2 aromatic carbocycles. The van der Waals surface area contributed by atoms with Crippen molar-refractivity contribution in [1.82, 2.24) is 15.3 Å². The van der Waals surface area contributed by atoms with Gasteiger partial charge in [0.25, 0.3) is 0 Å². The zero-order valence-electron chi connectivity index (χ0n) is 17.5. The smallest absolute Gasteiger partial charge is 0.213 e. The molecule has 4 aromatic rings. The van der Waals surface area contributed by atoms with Gasteiger partial charge in [-0.2, -0.15) is 0 Å². The maximum atomic E-state index is 13.0. The van der Waals surface area contributed by atoms with Gasteiger partial charge >= 0.3 is 0 Å². The fourth-order valence-electron chi connectivity index (χ4n) is 4.19. The standard InChI is InChI=1S/C26H24N4O.H2/c1-18-22(8-5-13-27-18)26(31)23-9-4-10-25(29-23)30-15-14-28-24(17-30)21-12-11-19-6-2-3-7-20(19)16-21;/h2-13,16,24,28H,14-15,17H2,1H3;1H. The van der Waals surface area contributed by atoms with Crippen molar-refractivity contribution in [3.63, 3.8) is 0 Å². The summed E-state index contributed by atoms with van der Waals surface area (Å²) in [6, 6.07) is 24.5. The summed E-state index contributed by atoms with van der Waals surface area (Å²) in [5.74, 6) is 0.744. The van der Waals surface area contributed by atoms with Crippen molar-refractivity contribution in [2.45, 2.75) is 13.0 Å². The molecule has 0 radical (unpaired) electrons. The SMILES string of the molecule is Cc1ncccc1C(=O)c1cccc(N2CCNC(c3ccc4ccccc4c3)C2)n1.[HH]. The van der Waals surface area contributed by atoms with Crippen LogP contribution in [0.5, 0.6) is 0 Å². The van der Waals surface area contributed by atoms with Crippen molar-refractivity contribution in [2.75, 3.05) is 24.5 Å². The van der Waals surface area contributed by atoms with Gasteiger partial charge in [0.1, 0.15) is 11.5 Å². The molecular formula is C26H26N4O. The lowest BCUT2D eigenvalue weighted by Crippen LogP contribution is -2.46. The van der Waals surface area contributed by atoms with Crippen LogP contribution in [-0.4, -0.2) is 35.4 Å². The molecule has 1 N–H and O–H groups in total. The van der Waals surface area contributed by atoms with E-state index in [0.29, 0.717) is 11.3 Å². The van der Waals surface area contributed by atoms with Crippen LogP contribution in [0.3, 0.4) is 0 Å². The van der Waals surface area contributed by atoms with Gasteiger partial charge in [0.2, 0.25) is 5.78 Å². The quantitative estimate of drug-likeness (QED) is 0.500. The van der Waals surface area contributed by atoms with Gasteiger partial charge in [-0.25, -0.2) is 4.98 Å². The number of nitrogens with one attached hydrogen (secondary N) is 1. The number of hydrogen-bond donors (Lipinski definition) is 1. The molecule has 2 aromatic heterocycles. The number of carbonyl (C=O) groups excluding carboxylic acids is 1. The maximum Gasteiger partial charge on any atom is 0.213 e. The van der Waals surface area contributed by atoms with Crippen LogP contribution >= 0.6 is 0 Å². The van der Waals surface area contributed by atoms with Gasteiger partial charge in [0, 0.05) is 44.6 Å². The number of nitrogens with zero attached hydrogens (tertiary/aromatic N) is 3. The van der Waals surface area contributed by atoms with Crippen LogP contribution in [0.2, 0.25) is 0 Å². The Morgan fingerprint density at radius 1 is 1.03 bits per heavy atom. The van der Waals surface area contributed by atoms with Gasteiger partial charge < -0.3 is 10.2 Å². The van der Waals surface area contributed by atoms with Crippen LogP contribution in [0.15, 0.2) is 79.0 Å². The summed E-state index contributed by atoms with van der Waals surface area (Å²) in [6.45, 7) is 4.36. The van der Waals surface area contributed by atoms with Crippen molar-refractivity contribution in [1.29, 1.82) is 0 Å². The number of aryl methyl sites for hydroxylation is 1. The molecule has 156 valence electrons. The second-order valence-corrected chi connectivity index (χ2v) is 7.91. The average Bonchev–Trinajstić information content (AvgIpc) is 2.84. The van der Waals surface area contributed by atoms with Gasteiger partial charge in [-0.3, -0.25) is 9.78 Å². The Morgan fingerprint density at radius 3 is 2.77 bits per heavy atom. The van der Waals surface area contributed by atoms with E-state index >= 15 is 0 Å². The first-order chi connectivity index (χ1) is 15.2. The predicted molar refractivity (Wildman–Crippen MR) is 126 cm³/mol. The first-order valence-electron chi connectivity index (χ1n) is 10.6. The molecule has 5 rings (SSSR count). The van der Waals surface area contributed by atoms with E-state index in [-0.39, 0.29) is 13.3 Å². The third-order valence-electron chi connectivity index (χ3n) is 5.89. The lowest BCUT2D eigenvalue weighted by molar-refractivity contribution is 0.103. The predicted octanol–water partition coefficient (Wildman–Crippen LogP) is 4.57. The molecule has 1 aliphatic heterocycles. The summed E-state index contributed by atoms with van der Waals surface area (Å²) in [7, 11) is 0. The molecule has 0 amide bonds. The number of piperazine rings is 1. The summed E-state index contributed by atoms with van der Waals surface area (Å²) < 4.78 is 0. The highest BCUT2D eigenvalue weighted by atomic mass is 16.1. The van der Waals surface area contributed by atoms with Crippen molar-refractivity contribution in [3.05, 3.63) is 102 Å². The van der Waals surface area contributed by atoms with Crippen molar-refractivity contribution in [3.8, 4) is 0 Å². The van der Waals surface area contributed by atoms with Gasteiger partial charge in [-0.1, -0.05) is 42.5 Å². The van der Waals surface area contributed by atoms with Gasteiger partial charge in [-0.15, -0.1) is 0 Å². The molecular weight excluding hydrogens is 384 g/mol. The van der Waals surface area contributed by atoms with E-state index in [0.717, 1.165) is 31.1 Å². The van der Waals surface area contributed by atoms with Crippen molar-refractivity contribution < 1.29 is 6.22 Å². The highest BCUT2D eigenvalue weighted by Gasteiger charge is 2.23. The first kappa shape index (κ1) is 19.4. The molecule has 0 saturated carbocycles. The van der Waals surface area contributed by atoms with Crippen LogP contribution in [0.4, 0.5) is 5.82 Å². The number of pyridine rings is 2. The lowest BCUT2D eigenvalue weighted by Gasteiger charge is -2.35. The third kappa shape index (κ3) is 3.92. The Morgan fingerprint density at radius 2 is 1.90 bits per heavy atom. The summed E-state index contributed by atoms with van der Waals surface area (Å²) in [6.07, 6.45) is 1.70. The van der Waals surface area contributed by atoms with E-state index in [9.17, 15) is 4.79 Å². The first-order valence-corrected chi connectivity index (χ1v) is 10.6. The number of rotatable bonds is 4. The lowest BCUT2D eigenvalue weighted by atomic mass is 10.00. The molecule has 0 spiro atoms. The molecule has 1 atom stereocenters. The van der Waals surface area contributed by atoms with Crippen LogP contribution in [0.25, 0.3) is 10.8 Å². The highest BCUT2D eigenvalue weighted by Crippen LogP contribution is 2.25. The van der Waals surface area contributed by atoms with Gasteiger partial charge in [0.05, 0.1) is 0 Å². The Balaban J connectivity index is 0.00000245. The third-order valence-corrected chi connectivity index (χ3v) is 5.89. The molecule has 1 aliphatic rings. The molecule has 0 aliphatic carbocycles. The van der Waals surface area contributed by atoms with E-state index in [1.165, 1.54) is 16.3 Å². The molecule has 1 unspecified atom stereocenters. The maximum absolute atomic E-state index is 13.0. The number of anilines is 1. The topological polar surface area (TPSA) is 58.1 Å². The zero-order chi connectivity index (χ0) is 21.2. The van der Waals surface area contributed by atoms with Crippen LogP contribution in [0.1, 0.15) is 34.8 Å². The van der Waals surface area contributed by atoms with Gasteiger partial charge in [-0.05, 0) is 53.6 Å². The minimum Gasteiger partial charge on any atom is -0.353 e. The second kappa shape index (κ2) is 8.28. The second-order valence-electron chi connectivity index (χ2n) is 7.91. The fraction of sp³-hybridized carbons (Fsp3) is 0.192. The Hall–Kier alpha value is -3.57. The molecule has 31 heavy (non-hydrogen) atoms. The van der Waals surface area contributed by atoms with Crippen molar-refractivity contribution in [2.24, 2.45) is 0 Å². The van der Waals surface area contributed by atoms with Gasteiger partial charge in [0.15, 0.2) is 0 Å². The normalized spacial score (nSPS) is 16.4. The number of ketones is 1. The Bertz CT molecular complexity index is 1260. The van der Waals surface area contributed by atoms with Crippen LogP contribution < -0.4 is 10.2 Å². The largest absolute Gasteiger partial charge is 0.353 e. The number of carbonyl (C=O) groups is 1. The highest BCUT2D eigenvalue weighted by molar-refractivity contribution is 6.08. The minimum absolute atomic E-state index is 0. The zero-order valence-corrected chi connectivity index (χ0v) is 17.5. The molecule has 0 bridgehead atoms. The summed E-state index contributed by atoms with van der Waals surface area (Å²) in [5, 5.41) is 6.12. The number of fused-ring (bicyclic) bond motifs is 1. The number of hydrogen-bond acceptors (Lipinski definition) is 5. The molecule has 1 saturated heterocycles. The van der Waals surface area contributed by atoms with E-state index in [2.05, 4.69) is 57.7 Å².